The van der Waals surface area contributed by atoms with Gasteiger partial charge < -0.3 is 14.8 Å². The average molecular weight is 451 g/mol. The lowest BCUT2D eigenvalue weighted by atomic mass is 9.88. The standard InChI is InChI=1S/C23H38N4O3S/c1-18-10-14-26(15-11-18)20-8-6-19(7-9-20)24-23(28)22-16-21(17-25(22)2)31(29,30)27-12-4-3-5-13-27/h16-20H,3-15H2,1-2H3,(H,24,28). The van der Waals surface area contributed by atoms with Crippen LogP contribution < -0.4 is 5.32 Å². The molecule has 3 heterocycles. The highest BCUT2D eigenvalue weighted by molar-refractivity contribution is 7.89. The number of aromatic nitrogens is 1. The molecule has 8 heteroatoms. The molecule has 1 N–H and O–H groups in total. The van der Waals surface area contributed by atoms with Crippen LogP contribution in [0.1, 0.15) is 75.2 Å². The molecular formula is C23H38N4O3S. The lowest BCUT2D eigenvalue weighted by molar-refractivity contribution is 0.0854. The fourth-order valence-electron chi connectivity index (χ4n) is 5.39. The van der Waals surface area contributed by atoms with E-state index in [1.54, 1.807) is 28.2 Å². The number of hydrogen-bond donors (Lipinski definition) is 1. The first-order valence-electron chi connectivity index (χ1n) is 12.1. The predicted molar refractivity (Wildman–Crippen MR) is 122 cm³/mol. The zero-order valence-electron chi connectivity index (χ0n) is 19.1. The molecule has 7 nitrogen and oxygen atoms in total. The van der Waals surface area contributed by atoms with Crippen molar-refractivity contribution in [2.75, 3.05) is 26.2 Å². The van der Waals surface area contributed by atoms with Gasteiger partial charge in [0.05, 0.1) is 0 Å². The monoisotopic (exact) mass is 450 g/mol. The molecule has 2 saturated heterocycles. The van der Waals surface area contributed by atoms with Crippen LogP contribution in [0, 0.1) is 5.92 Å². The van der Waals surface area contributed by atoms with E-state index in [9.17, 15) is 13.2 Å². The fourth-order valence-corrected chi connectivity index (χ4v) is 6.98. The molecule has 0 bridgehead atoms. The van der Waals surface area contributed by atoms with Crippen LogP contribution in [0.25, 0.3) is 0 Å². The van der Waals surface area contributed by atoms with E-state index >= 15 is 0 Å². The third-order valence-electron chi connectivity index (χ3n) is 7.53. The number of carbonyl (C=O) groups is 1. The second kappa shape index (κ2) is 9.63. The zero-order valence-corrected chi connectivity index (χ0v) is 19.9. The van der Waals surface area contributed by atoms with E-state index in [1.807, 2.05) is 0 Å². The summed E-state index contributed by atoms with van der Waals surface area (Å²) in [6, 6.07) is 2.36. The van der Waals surface area contributed by atoms with Crippen molar-refractivity contribution in [2.24, 2.45) is 13.0 Å². The Morgan fingerprint density at radius 2 is 1.61 bits per heavy atom. The molecule has 1 amide bonds. The third kappa shape index (κ3) is 5.17. The maximum absolute atomic E-state index is 12.9. The van der Waals surface area contributed by atoms with Crippen molar-refractivity contribution in [1.82, 2.24) is 19.1 Å². The van der Waals surface area contributed by atoms with Crippen LogP contribution >= 0.6 is 0 Å². The molecule has 2 aliphatic heterocycles. The summed E-state index contributed by atoms with van der Waals surface area (Å²) in [5.41, 5.74) is 0.419. The average Bonchev–Trinajstić information content (AvgIpc) is 3.18. The van der Waals surface area contributed by atoms with Gasteiger partial charge >= 0.3 is 0 Å². The van der Waals surface area contributed by atoms with E-state index < -0.39 is 10.0 Å². The SMILES string of the molecule is CC1CCN(C2CCC(NC(=O)c3cc(S(=O)(=O)N4CCCCC4)cn3C)CC2)CC1. The van der Waals surface area contributed by atoms with Crippen molar-refractivity contribution in [3.63, 3.8) is 0 Å². The summed E-state index contributed by atoms with van der Waals surface area (Å²) < 4.78 is 29.1. The molecule has 0 unspecified atom stereocenters. The quantitative estimate of drug-likeness (QED) is 0.748. The van der Waals surface area contributed by atoms with E-state index in [1.165, 1.54) is 25.9 Å². The summed E-state index contributed by atoms with van der Waals surface area (Å²) in [6.45, 7) is 5.90. The van der Waals surface area contributed by atoms with E-state index in [0.717, 1.165) is 50.9 Å². The number of sulfonamides is 1. The molecule has 1 aromatic rings. The van der Waals surface area contributed by atoms with Crippen LogP contribution in [0.3, 0.4) is 0 Å². The summed E-state index contributed by atoms with van der Waals surface area (Å²) in [4.78, 5) is 15.8. The van der Waals surface area contributed by atoms with Gasteiger partial charge in [-0.1, -0.05) is 13.3 Å². The topological polar surface area (TPSA) is 74.7 Å². The lowest BCUT2D eigenvalue weighted by Crippen LogP contribution is -2.46. The molecule has 1 saturated carbocycles. The normalized spacial score (nSPS) is 27.3. The van der Waals surface area contributed by atoms with Crippen LogP contribution in [0.4, 0.5) is 0 Å². The van der Waals surface area contributed by atoms with Gasteiger partial charge in [0.2, 0.25) is 10.0 Å². The minimum atomic E-state index is -3.53. The van der Waals surface area contributed by atoms with E-state index in [0.29, 0.717) is 24.8 Å². The van der Waals surface area contributed by atoms with Gasteiger partial charge in [0.25, 0.3) is 5.91 Å². The van der Waals surface area contributed by atoms with E-state index in [4.69, 9.17) is 0 Å². The number of amides is 1. The van der Waals surface area contributed by atoms with Crippen LogP contribution in [-0.2, 0) is 17.1 Å². The number of nitrogens with one attached hydrogen (secondary N) is 1. The Morgan fingerprint density at radius 3 is 2.26 bits per heavy atom. The highest BCUT2D eigenvalue weighted by atomic mass is 32.2. The molecule has 4 rings (SSSR count). The Hall–Kier alpha value is -1.38. The smallest absolute Gasteiger partial charge is 0.268 e. The van der Waals surface area contributed by atoms with Crippen LogP contribution in [-0.4, -0.2) is 66.4 Å². The second-order valence-corrected chi connectivity index (χ2v) is 11.8. The van der Waals surface area contributed by atoms with Gasteiger partial charge in [-0.2, -0.15) is 4.31 Å². The number of aryl methyl sites for hydroxylation is 1. The van der Waals surface area contributed by atoms with Crippen LogP contribution in [0.15, 0.2) is 17.2 Å². The number of piperidine rings is 2. The molecule has 31 heavy (non-hydrogen) atoms. The number of likely N-dealkylation sites (tertiary alicyclic amines) is 1. The Labute approximate surface area is 187 Å². The molecule has 0 atom stereocenters. The zero-order chi connectivity index (χ0) is 22.0. The Kier molecular flexibility index (Phi) is 7.08. The highest BCUT2D eigenvalue weighted by Crippen LogP contribution is 2.28. The van der Waals surface area contributed by atoms with Crippen molar-refractivity contribution in [1.29, 1.82) is 0 Å². The van der Waals surface area contributed by atoms with Gasteiger partial charge in [0, 0.05) is 38.4 Å². The van der Waals surface area contributed by atoms with Crippen LogP contribution in [0.5, 0.6) is 0 Å². The molecule has 174 valence electrons. The molecule has 0 aromatic carbocycles. The fraction of sp³-hybridized carbons (Fsp3) is 0.783. The van der Waals surface area contributed by atoms with Gasteiger partial charge in [0.1, 0.15) is 10.6 Å². The van der Waals surface area contributed by atoms with Gasteiger partial charge in [-0.25, -0.2) is 8.42 Å². The molecule has 1 aromatic heterocycles. The summed E-state index contributed by atoms with van der Waals surface area (Å²) in [5, 5.41) is 3.16. The van der Waals surface area contributed by atoms with Crippen LogP contribution in [0.2, 0.25) is 0 Å². The van der Waals surface area contributed by atoms with Gasteiger partial charge in [-0.3, -0.25) is 4.79 Å². The van der Waals surface area contributed by atoms with Gasteiger partial charge in [-0.05, 0) is 76.4 Å². The van der Waals surface area contributed by atoms with E-state index in [-0.39, 0.29) is 16.8 Å². The molecular weight excluding hydrogens is 412 g/mol. The molecule has 3 fully saturated rings. The van der Waals surface area contributed by atoms with E-state index in [2.05, 4.69) is 17.1 Å². The number of nitrogens with zero attached hydrogens (tertiary/aromatic N) is 3. The summed E-state index contributed by atoms with van der Waals surface area (Å²) in [7, 11) is -1.78. The number of carbonyl (C=O) groups excluding carboxylic acids is 1. The Bertz CT molecular complexity index is 859. The minimum absolute atomic E-state index is 0.169. The molecule has 0 spiro atoms. The molecule has 1 aliphatic carbocycles. The first-order valence-corrected chi connectivity index (χ1v) is 13.5. The third-order valence-corrected chi connectivity index (χ3v) is 9.40. The largest absolute Gasteiger partial charge is 0.348 e. The number of rotatable bonds is 5. The summed E-state index contributed by atoms with van der Waals surface area (Å²) in [5.74, 6) is 0.679. The Morgan fingerprint density at radius 1 is 0.968 bits per heavy atom. The van der Waals surface area contributed by atoms with Crippen molar-refractivity contribution >= 4 is 15.9 Å². The van der Waals surface area contributed by atoms with Crippen molar-refractivity contribution < 1.29 is 13.2 Å². The number of hydrogen-bond acceptors (Lipinski definition) is 4. The highest BCUT2D eigenvalue weighted by Gasteiger charge is 2.31. The summed E-state index contributed by atoms with van der Waals surface area (Å²) >= 11 is 0. The predicted octanol–water partition coefficient (Wildman–Crippen LogP) is 2.97. The van der Waals surface area contributed by atoms with Gasteiger partial charge in [-0.15, -0.1) is 0 Å². The second-order valence-electron chi connectivity index (χ2n) is 9.83. The van der Waals surface area contributed by atoms with Gasteiger partial charge in [0.15, 0.2) is 0 Å². The van der Waals surface area contributed by atoms with Crippen molar-refractivity contribution in [3.8, 4) is 0 Å². The molecule has 3 aliphatic rings. The molecule has 0 radical (unpaired) electrons. The Balaban J connectivity index is 1.33. The minimum Gasteiger partial charge on any atom is -0.348 e. The van der Waals surface area contributed by atoms with Crippen molar-refractivity contribution in [2.45, 2.75) is 81.7 Å². The van der Waals surface area contributed by atoms with Crippen molar-refractivity contribution in [3.05, 3.63) is 18.0 Å². The maximum atomic E-state index is 12.9. The summed E-state index contributed by atoms with van der Waals surface area (Å²) in [6.07, 6.45) is 11.3. The first kappa shape index (κ1) is 22.8. The first-order chi connectivity index (χ1) is 14.8. The maximum Gasteiger partial charge on any atom is 0.268 e. The lowest BCUT2D eigenvalue weighted by Gasteiger charge is -2.40.